The fraction of sp³-hybridized carbons (Fsp3) is 0.333. The van der Waals surface area contributed by atoms with Gasteiger partial charge in [-0.3, -0.25) is 0 Å². The molecule has 0 unspecified atom stereocenters. The third-order valence-electron chi connectivity index (χ3n) is 1.82. The fourth-order valence-corrected chi connectivity index (χ4v) is 1.09. The van der Waals surface area contributed by atoms with Crippen molar-refractivity contribution in [2.24, 2.45) is 0 Å². The van der Waals surface area contributed by atoms with Crippen molar-refractivity contribution in [1.29, 1.82) is 0 Å². The van der Waals surface area contributed by atoms with Crippen molar-refractivity contribution in [3.63, 3.8) is 0 Å². The van der Waals surface area contributed by atoms with Crippen molar-refractivity contribution >= 4 is 11.7 Å². The maximum Gasteiger partial charge on any atom is 0.354 e. The second-order valence-corrected chi connectivity index (χ2v) is 2.98. The molecule has 15 heavy (non-hydrogen) atoms. The summed E-state index contributed by atoms with van der Waals surface area (Å²) >= 11 is 0. The molecular weight excluding hydrogens is 206 g/mol. The molecule has 6 heteroatoms. The Morgan fingerprint density at radius 3 is 2.87 bits per heavy atom. The van der Waals surface area contributed by atoms with Crippen LogP contribution in [-0.4, -0.2) is 36.1 Å². The second kappa shape index (κ2) is 4.68. The van der Waals surface area contributed by atoms with Gasteiger partial charge in [0.25, 0.3) is 6.43 Å². The van der Waals surface area contributed by atoms with Crippen molar-refractivity contribution in [2.75, 3.05) is 18.5 Å². The molecule has 0 aliphatic rings. The third-order valence-corrected chi connectivity index (χ3v) is 1.82. The number of aromatic carboxylic acids is 1. The quantitative estimate of drug-likeness (QED) is 0.828. The predicted octanol–water partition coefficient (Wildman–Crippen LogP) is 1.48. The van der Waals surface area contributed by atoms with E-state index in [4.69, 9.17) is 5.11 Å². The number of pyridine rings is 1. The van der Waals surface area contributed by atoms with Crippen LogP contribution in [0.3, 0.4) is 0 Å². The van der Waals surface area contributed by atoms with Gasteiger partial charge in [-0.05, 0) is 12.1 Å². The first-order valence-corrected chi connectivity index (χ1v) is 4.19. The summed E-state index contributed by atoms with van der Waals surface area (Å²) < 4.78 is 24.1. The van der Waals surface area contributed by atoms with E-state index in [0.717, 1.165) is 0 Å². The van der Waals surface area contributed by atoms with Crippen LogP contribution in [0, 0.1) is 0 Å². The molecule has 0 amide bonds. The summed E-state index contributed by atoms with van der Waals surface area (Å²) in [4.78, 5) is 15.4. The average Bonchev–Trinajstić information content (AvgIpc) is 2.17. The lowest BCUT2D eigenvalue weighted by molar-refractivity contribution is 0.0690. The van der Waals surface area contributed by atoms with Crippen LogP contribution < -0.4 is 4.90 Å². The first-order chi connectivity index (χ1) is 7.00. The summed E-state index contributed by atoms with van der Waals surface area (Å²) in [6.07, 6.45) is -1.18. The molecule has 0 aliphatic heterocycles. The lowest BCUT2D eigenvalue weighted by Gasteiger charge is -2.18. The van der Waals surface area contributed by atoms with Crippen molar-refractivity contribution in [2.45, 2.75) is 6.43 Å². The molecule has 4 nitrogen and oxygen atoms in total. The molecule has 1 aromatic heterocycles. The van der Waals surface area contributed by atoms with Gasteiger partial charge in [0.2, 0.25) is 0 Å². The van der Waals surface area contributed by atoms with Crippen LogP contribution in [0.2, 0.25) is 0 Å². The summed E-state index contributed by atoms with van der Waals surface area (Å²) in [5.41, 5.74) is 0.247. The minimum atomic E-state index is -2.46. The highest BCUT2D eigenvalue weighted by Gasteiger charge is 2.11. The summed E-state index contributed by atoms with van der Waals surface area (Å²) in [7, 11) is 1.47. The Kier molecular flexibility index (Phi) is 3.54. The minimum absolute atomic E-state index is 0.159. The first kappa shape index (κ1) is 11.4. The Morgan fingerprint density at radius 1 is 1.67 bits per heavy atom. The zero-order valence-corrected chi connectivity index (χ0v) is 8.02. The second-order valence-electron chi connectivity index (χ2n) is 2.98. The highest BCUT2D eigenvalue weighted by molar-refractivity contribution is 5.86. The van der Waals surface area contributed by atoms with Crippen LogP contribution in [0.25, 0.3) is 0 Å². The van der Waals surface area contributed by atoms with Crippen LogP contribution in [0.15, 0.2) is 18.3 Å². The van der Waals surface area contributed by atoms with Crippen LogP contribution in [-0.2, 0) is 0 Å². The number of anilines is 1. The van der Waals surface area contributed by atoms with E-state index in [9.17, 15) is 13.6 Å². The molecule has 0 atom stereocenters. The topological polar surface area (TPSA) is 53.4 Å². The maximum atomic E-state index is 12.1. The largest absolute Gasteiger partial charge is 0.477 e. The van der Waals surface area contributed by atoms with E-state index in [2.05, 4.69) is 4.98 Å². The lowest BCUT2D eigenvalue weighted by Crippen LogP contribution is -2.24. The number of rotatable bonds is 4. The van der Waals surface area contributed by atoms with Gasteiger partial charge in [-0.25, -0.2) is 18.6 Å². The monoisotopic (exact) mass is 216 g/mol. The Labute approximate surface area is 85.2 Å². The van der Waals surface area contributed by atoms with Crippen molar-refractivity contribution in [3.05, 3.63) is 24.0 Å². The van der Waals surface area contributed by atoms with Gasteiger partial charge in [0.15, 0.2) is 0 Å². The summed E-state index contributed by atoms with van der Waals surface area (Å²) in [6.45, 7) is -0.441. The highest BCUT2D eigenvalue weighted by Crippen LogP contribution is 2.14. The standard InChI is InChI=1S/C9H10F2N2O2/c1-13(5-8(10)11)6-2-3-12-7(4-6)9(14)15/h2-4,8H,5H2,1H3,(H,14,15). The van der Waals surface area contributed by atoms with Gasteiger partial charge in [0.1, 0.15) is 5.69 Å². The molecule has 82 valence electrons. The zero-order valence-electron chi connectivity index (χ0n) is 8.02. The van der Waals surface area contributed by atoms with Crippen LogP contribution in [0.5, 0.6) is 0 Å². The molecule has 1 heterocycles. The summed E-state index contributed by atoms with van der Waals surface area (Å²) in [5, 5.41) is 8.64. The summed E-state index contributed by atoms with van der Waals surface area (Å²) in [5.74, 6) is -1.18. The number of nitrogens with zero attached hydrogens (tertiary/aromatic N) is 2. The van der Waals surface area contributed by atoms with Crippen LogP contribution >= 0.6 is 0 Å². The SMILES string of the molecule is CN(CC(F)F)c1ccnc(C(=O)O)c1. The third kappa shape index (κ3) is 3.16. The molecule has 1 aromatic rings. The molecule has 0 fully saturated rings. The molecular formula is C9H10F2N2O2. The Morgan fingerprint density at radius 2 is 2.33 bits per heavy atom. The molecule has 0 spiro atoms. The van der Waals surface area contributed by atoms with Gasteiger partial charge in [-0.1, -0.05) is 0 Å². The highest BCUT2D eigenvalue weighted by atomic mass is 19.3. The molecule has 1 rings (SSSR count). The smallest absolute Gasteiger partial charge is 0.354 e. The van der Waals surface area contributed by atoms with E-state index in [-0.39, 0.29) is 5.69 Å². The average molecular weight is 216 g/mol. The van der Waals surface area contributed by atoms with Gasteiger partial charge in [0, 0.05) is 18.9 Å². The number of alkyl halides is 2. The number of hydrogen-bond donors (Lipinski definition) is 1. The zero-order chi connectivity index (χ0) is 11.4. The van der Waals surface area contributed by atoms with Crippen molar-refractivity contribution < 1.29 is 18.7 Å². The van der Waals surface area contributed by atoms with Gasteiger partial charge in [-0.15, -0.1) is 0 Å². The molecule has 0 radical (unpaired) electrons. The Bertz CT molecular complexity index is 358. The van der Waals surface area contributed by atoms with Crippen LogP contribution in [0.4, 0.5) is 14.5 Å². The lowest BCUT2D eigenvalue weighted by atomic mass is 10.3. The van der Waals surface area contributed by atoms with E-state index in [0.29, 0.717) is 5.69 Å². The number of carboxylic acids is 1. The molecule has 0 aromatic carbocycles. The van der Waals surface area contributed by atoms with Gasteiger partial charge in [0.05, 0.1) is 6.54 Å². The molecule has 1 N–H and O–H groups in total. The minimum Gasteiger partial charge on any atom is -0.477 e. The number of hydrogen-bond acceptors (Lipinski definition) is 3. The van der Waals surface area contributed by atoms with E-state index in [1.807, 2.05) is 0 Å². The molecule has 0 saturated carbocycles. The van der Waals surface area contributed by atoms with Gasteiger partial charge < -0.3 is 10.0 Å². The molecule has 0 saturated heterocycles. The number of halogens is 2. The number of carboxylic acid groups (broad SMARTS) is 1. The van der Waals surface area contributed by atoms with E-state index < -0.39 is 18.9 Å². The van der Waals surface area contributed by atoms with Crippen molar-refractivity contribution in [1.82, 2.24) is 4.98 Å². The van der Waals surface area contributed by atoms with E-state index in [1.165, 1.54) is 30.3 Å². The number of aromatic nitrogens is 1. The van der Waals surface area contributed by atoms with Crippen LogP contribution in [0.1, 0.15) is 10.5 Å². The summed E-state index contributed by atoms with van der Waals surface area (Å²) in [6, 6.07) is 2.74. The predicted molar refractivity (Wildman–Crippen MR) is 50.5 cm³/mol. The molecule has 0 bridgehead atoms. The van der Waals surface area contributed by atoms with E-state index in [1.54, 1.807) is 0 Å². The molecule has 0 aliphatic carbocycles. The number of carbonyl (C=O) groups is 1. The van der Waals surface area contributed by atoms with Crippen molar-refractivity contribution in [3.8, 4) is 0 Å². The first-order valence-electron chi connectivity index (χ1n) is 4.19. The Balaban J connectivity index is 2.85. The normalized spacial score (nSPS) is 10.4. The maximum absolute atomic E-state index is 12.1. The van der Waals surface area contributed by atoms with Gasteiger partial charge in [-0.2, -0.15) is 0 Å². The van der Waals surface area contributed by atoms with Gasteiger partial charge >= 0.3 is 5.97 Å². The van der Waals surface area contributed by atoms with E-state index >= 15 is 0 Å². The fourth-order valence-electron chi connectivity index (χ4n) is 1.09. The Hall–Kier alpha value is -1.72.